The van der Waals surface area contributed by atoms with Gasteiger partial charge >= 0.3 is 0 Å². The van der Waals surface area contributed by atoms with Gasteiger partial charge < -0.3 is 15.4 Å². The molecule has 9 nitrogen and oxygen atoms in total. The molecule has 2 aliphatic rings. The molecule has 39 heavy (non-hydrogen) atoms. The molecular formula is C29H31N7O2S. The van der Waals surface area contributed by atoms with Crippen LogP contribution < -0.4 is 15.4 Å². The summed E-state index contributed by atoms with van der Waals surface area (Å²) in [5, 5.41) is 11.9. The van der Waals surface area contributed by atoms with Crippen molar-refractivity contribution < 1.29 is 9.53 Å². The molecule has 2 N–H and O–H groups in total. The van der Waals surface area contributed by atoms with Gasteiger partial charge in [0.15, 0.2) is 0 Å². The summed E-state index contributed by atoms with van der Waals surface area (Å²) >= 11 is 1.66. The third kappa shape index (κ3) is 5.30. The lowest BCUT2D eigenvalue weighted by Crippen LogP contribution is -2.48. The van der Waals surface area contributed by atoms with E-state index in [1.165, 1.54) is 0 Å². The number of aryl methyl sites for hydroxylation is 1. The van der Waals surface area contributed by atoms with Crippen molar-refractivity contribution in [3.8, 4) is 27.6 Å². The molecule has 5 heterocycles. The number of piperazine rings is 1. The number of hydrogen-bond acceptors (Lipinski definition) is 8. The fourth-order valence-electron chi connectivity index (χ4n) is 4.93. The van der Waals surface area contributed by atoms with Crippen molar-refractivity contribution in [3.63, 3.8) is 0 Å². The number of hydrogen-bond donors (Lipinski definition) is 2. The zero-order chi connectivity index (χ0) is 26.8. The highest BCUT2D eigenvalue weighted by Crippen LogP contribution is 2.40. The third-order valence-electron chi connectivity index (χ3n) is 6.97. The van der Waals surface area contributed by atoms with Crippen molar-refractivity contribution in [2.75, 3.05) is 32.8 Å². The van der Waals surface area contributed by atoms with Gasteiger partial charge in [0.25, 0.3) is 0 Å². The van der Waals surface area contributed by atoms with Crippen LogP contribution in [0.15, 0.2) is 59.7 Å². The van der Waals surface area contributed by atoms with Crippen LogP contribution in [0.5, 0.6) is 5.75 Å². The van der Waals surface area contributed by atoms with Crippen molar-refractivity contribution >= 4 is 34.8 Å². The predicted octanol–water partition coefficient (Wildman–Crippen LogP) is 3.99. The zero-order valence-corrected chi connectivity index (χ0v) is 22.9. The van der Waals surface area contributed by atoms with E-state index in [-0.39, 0.29) is 11.9 Å². The van der Waals surface area contributed by atoms with Gasteiger partial charge in [0.1, 0.15) is 17.4 Å². The second-order valence-corrected chi connectivity index (χ2v) is 10.7. The van der Waals surface area contributed by atoms with Crippen LogP contribution in [0.25, 0.3) is 33.0 Å². The summed E-state index contributed by atoms with van der Waals surface area (Å²) < 4.78 is 7.99. The third-order valence-corrected chi connectivity index (χ3v) is 8.08. The Bertz CT molecular complexity index is 1560. The molecule has 1 atom stereocenters. The molecule has 4 aromatic rings. The van der Waals surface area contributed by atoms with Gasteiger partial charge in [-0.05, 0) is 25.5 Å². The summed E-state index contributed by atoms with van der Waals surface area (Å²) in [7, 11) is 0. The van der Waals surface area contributed by atoms with Crippen LogP contribution in [-0.2, 0) is 4.79 Å². The highest BCUT2D eigenvalue weighted by molar-refractivity contribution is 7.16. The van der Waals surface area contributed by atoms with E-state index in [0.29, 0.717) is 26.2 Å². The normalized spacial score (nSPS) is 17.6. The maximum Gasteiger partial charge on any atom is 0.234 e. The molecule has 1 fully saturated rings. The van der Waals surface area contributed by atoms with Gasteiger partial charge in [0, 0.05) is 37.5 Å². The highest BCUT2D eigenvalue weighted by atomic mass is 32.1. The largest absolute Gasteiger partial charge is 0.492 e. The number of aromatic nitrogens is 3. The van der Waals surface area contributed by atoms with E-state index in [2.05, 4.69) is 45.7 Å². The van der Waals surface area contributed by atoms with Gasteiger partial charge in [-0.2, -0.15) is 5.10 Å². The van der Waals surface area contributed by atoms with Crippen molar-refractivity contribution in [2.45, 2.75) is 26.3 Å². The number of ether oxygens (including phenoxy) is 1. The molecule has 0 aliphatic carbocycles. The Kier molecular flexibility index (Phi) is 7.12. The minimum atomic E-state index is 0.0661. The van der Waals surface area contributed by atoms with Crippen LogP contribution >= 0.6 is 11.3 Å². The number of aliphatic imine (C=N–C) groups is 1. The van der Waals surface area contributed by atoms with E-state index < -0.39 is 0 Å². The SMILES string of the molecule is CCC1C=C(c2sc(-c3c(C)nn4ccc(OCCN5CCNC(=O)C5)cc34)nc2-c2ccccc2)NC=N1. The summed E-state index contributed by atoms with van der Waals surface area (Å²) in [6, 6.07) is 14.4. The summed E-state index contributed by atoms with van der Waals surface area (Å²) in [4.78, 5) is 24.5. The lowest BCUT2D eigenvalue weighted by molar-refractivity contribution is -0.124. The smallest absolute Gasteiger partial charge is 0.234 e. The highest BCUT2D eigenvalue weighted by Gasteiger charge is 2.23. The van der Waals surface area contributed by atoms with Gasteiger partial charge in [0.05, 0.1) is 52.0 Å². The molecule has 1 unspecified atom stereocenters. The molecule has 0 spiro atoms. The van der Waals surface area contributed by atoms with E-state index in [4.69, 9.17) is 14.8 Å². The van der Waals surface area contributed by atoms with Crippen LogP contribution in [0.2, 0.25) is 0 Å². The van der Waals surface area contributed by atoms with E-state index in [1.807, 2.05) is 48.0 Å². The number of carbonyl (C=O) groups excluding carboxylic acids is 1. The molecular weight excluding hydrogens is 510 g/mol. The fraction of sp³-hybridized carbons (Fsp3) is 0.310. The number of carbonyl (C=O) groups is 1. The number of amides is 1. The minimum Gasteiger partial charge on any atom is -0.492 e. The average molecular weight is 542 g/mol. The van der Waals surface area contributed by atoms with Crippen LogP contribution in [0.4, 0.5) is 0 Å². The average Bonchev–Trinajstić information content (AvgIpc) is 3.54. The molecule has 0 radical (unpaired) electrons. The standard InChI is InChI=1S/C29H31N7O2S/c1-3-21-15-23(32-18-31-21)28-27(20-7-5-4-6-8-20)33-29(39-28)26-19(2)34-36-11-9-22(16-24(26)36)38-14-13-35-12-10-30-25(37)17-35/h4-9,11,15-16,18,21H,3,10,12-14,17H2,1-2H3,(H,30,37)(H,31,32). The zero-order valence-electron chi connectivity index (χ0n) is 22.1. The first-order valence-corrected chi connectivity index (χ1v) is 14.1. The lowest BCUT2D eigenvalue weighted by Gasteiger charge is -2.26. The Hall–Kier alpha value is -4.02. The molecule has 10 heteroatoms. The second-order valence-electron chi connectivity index (χ2n) is 9.67. The van der Waals surface area contributed by atoms with E-state index in [0.717, 1.165) is 62.3 Å². The summed E-state index contributed by atoms with van der Waals surface area (Å²) in [5.74, 6) is 0.834. The molecule has 6 rings (SSSR count). The first-order valence-electron chi connectivity index (χ1n) is 13.3. The number of nitrogens with zero attached hydrogens (tertiary/aromatic N) is 5. The monoisotopic (exact) mass is 541 g/mol. The molecule has 0 saturated carbocycles. The lowest BCUT2D eigenvalue weighted by atomic mass is 10.1. The van der Waals surface area contributed by atoms with Crippen LogP contribution in [0, 0.1) is 6.92 Å². The van der Waals surface area contributed by atoms with Gasteiger partial charge in [-0.25, -0.2) is 9.50 Å². The van der Waals surface area contributed by atoms with E-state index >= 15 is 0 Å². The van der Waals surface area contributed by atoms with Gasteiger partial charge in [0.2, 0.25) is 5.91 Å². The first-order chi connectivity index (χ1) is 19.1. The first kappa shape index (κ1) is 25.3. The van der Waals surface area contributed by atoms with Crippen molar-refractivity contribution in [1.29, 1.82) is 0 Å². The number of benzene rings is 1. The van der Waals surface area contributed by atoms with Gasteiger partial charge in [-0.3, -0.25) is 14.7 Å². The molecule has 1 amide bonds. The van der Waals surface area contributed by atoms with Crippen molar-refractivity contribution in [2.24, 2.45) is 4.99 Å². The summed E-state index contributed by atoms with van der Waals surface area (Å²) in [5.41, 5.74) is 5.89. The van der Waals surface area contributed by atoms with Crippen molar-refractivity contribution in [3.05, 3.63) is 65.3 Å². The topological polar surface area (TPSA) is 96.2 Å². The van der Waals surface area contributed by atoms with Crippen molar-refractivity contribution in [1.82, 2.24) is 30.1 Å². The Morgan fingerprint density at radius 2 is 2.08 bits per heavy atom. The number of pyridine rings is 1. The molecule has 1 saturated heterocycles. The van der Waals surface area contributed by atoms with E-state index in [1.54, 1.807) is 17.7 Å². The Labute approximate surface area is 231 Å². The Balaban J connectivity index is 1.34. The number of thiazole rings is 1. The van der Waals surface area contributed by atoms with Gasteiger partial charge in [-0.15, -0.1) is 11.3 Å². The molecule has 3 aromatic heterocycles. The molecule has 1 aromatic carbocycles. The van der Waals surface area contributed by atoms with Crippen LogP contribution in [-0.4, -0.2) is 70.6 Å². The molecule has 0 bridgehead atoms. The second kappa shape index (κ2) is 11.0. The van der Waals surface area contributed by atoms with E-state index in [9.17, 15) is 4.79 Å². The maximum absolute atomic E-state index is 11.7. The molecule has 200 valence electrons. The Morgan fingerprint density at radius 1 is 1.21 bits per heavy atom. The number of rotatable bonds is 8. The summed E-state index contributed by atoms with van der Waals surface area (Å²) in [6.45, 7) is 7.30. The minimum absolute atomic E-state index is 0.0661. The number of nitrogens with one attached hydrogen (secondary N) is 2. The quantitative estimate of drug-likeness (QED) is 0.350. The number of fused-ring (bicyclic) bond motifs is 1. The van der Waals surface area contributed by atoms with Crippen LogP contribution in [0.3, 0.4) is 0 Å². The summed E-state index contributed by atoms with van der Waals surface area (Å²) in [6.07, 6.45) is 6.84. The Morgan fingerprint density at radius 3 is 2.90 bits per heavy atom. The van der Waals surface area contributed by atoms with Gasteiger partial charge in [-0.1, -0.05) is 37.3 Å². The van der Waals surface area contributed by atoms with Crippen LogP contribution in [0.1, 0.15) is 23.9 Å². The maximum atomic E-state index is 11.7. The fourth-order valence-corrected chi connectivity index (χ4v) is 6.11. The predicted molar refractivity (Wildman–Crippen MR) is 155 cm³/mol. The molecule has 2 aliphatic heterocycles.